The van der Waals surface area contributed by atoms with Crippen LogP contribution >= 0.6 is 15.6 Å². The number of hydrogen-bond acceptors (Lipinski definition) is 11. The molecule has 0 aliphatic rings. The second-order valence-electron chi connectivity index (χ2n) is 14.9. The summed E-state index contributed by atoms with van der Waals surface area (Å²) in [5.41, 5.74) is 0. The van der Waals surface area contributed by atoms with Crippen molar-refractivity contribution in [3.8, 4) is 0 Å². The molecule has 5 N–H and O–H groups in total. The minimum Gasteiger partial charge on any atom is -0.462 e. The molecular weight excluding hydrogens is 802 g/mol. The number of ether oxygens (including phenoxy) is 2. The normalized spacial score (nSPS) is 15.3. The summed E-state index contributed by atoms with van der Waals surface area (Å²) in [6.07, 6.45) is 34.0. The van der Waals surface area contributed by atoms with Gasteiger partial charge in [0.2, 0.25) is 0 Å². The van der Waals surface area contributed by atoms with Gasteiger partial charge in [0, 0.05) is 12.8 Å². The zero-order valence-electron chi connectivity index (χ0n) is 35.9. The highest BCUT2D eigenvalue weighted by atomic mass is 31.2. The van der Waals surface area contributed by atoms with E-state index in [1.807, 2.05) is 12.2 Å². The molecule has 0 fully saturated rings. The van der Waals surface area contributed by atoms with Gasteiger partial charge in [-0.05, 0) is 50.9 Å². The number of aliphatic hydroxyl groups is 2. The van der Waals surface area contributed by atoms with Crippen LogP contribution in [0, 0.1) is 5.92 Å². The number of aliphatic hydroxyl groups excluding tert-OH is 2. The number of phosphoric ester groups is 2. The summed E-state index contributed by atoms with van der Waals surface area (Å²) in [6, 6.07) is 0. The maximum Gasteiger partial charge on any atom is 0.472 e. The van der Waals surface area contributed by atoms with E-state index in [9.17, 15) is 33.8 Å². The first-order valence-corrected chi connectivity index (χ1v) is 24.5. The average molecular weight is 879 g/mol. The lowest BCUT2D eigenvalue weighted by atomic mass is 10.0. The first kappa shape index (κ1) is 56.8. The Bertz CT molecular complexity index is 1310. The molecule has 14 nitrogen and oxygen atoms in total. The summed E-state index contributed by atoms with van der Waals surface area (Å²) in [6.45, 7) is 3.71. The monoisotopic (exact) mass is 878 g/mol. The molecule has 0 radical (unpaired) electrons. The van der Waals surface area contributed by atoms with E-state index in [0.29, 0.717) is 6.42 Å². The molecule has 0 heterocycles. The minimum atomic E-state index is -4.89. The van der Waals surface area contributed by atoms with Crippen LogP contribution in [-0.4, -0.2) is 81.6 Å². The van der Waals surface area contributed by atoms with Crippen LogP contribution in [0.15, 0.2) is 60.8 Å². The number of carbonyl (C=O) groups is 2. The summed E-state index contributed by atoms with van der Waals surface area (Å²) in [7, 11) is -9.75. The van der Waals surface area contributed by atoms with Crippen molar-refractivity contribution in [2.24, 2.45) is 5.92 Å². The van der Waals surface area contributed by atoms with Crippen LogP contribution < -0.4 is 0 Å². The maximum absolute atomic E-state index is 12.7. The van der Waals surface area contributed by atoms with Crippen molar-refractivity contribution in [3.63, 3.8) is 0 Å². The van der Waals surface area contributed by atoms with Crippen LogP contribution in [0.2, 0.25) is 0 Å². The molecule has 2 unspecified atom stereocenters. The number of rotatable bonds is 39. The number of hydrogen-bond donors (Lipinski definition) is 5. The van der Waals surface area contributed by atoms with Gasteiger partial charge in [-0.15, -0.1) is 0 Å². The van der Waals surface area contributed by atoms with Crippen LogP contribution in [-0.2, 0) is 41.8 Å². The number of esters is 2. The Balaban J connectivity index is 4.74. The van der Waals surface area contributed by atoms with Gasteiger partial charge in [-0.1, -0.05) is 152 Å². The number of phosphoric acid groups is 2. The molecule has 0 aromatic carbocycles. The highest BCUT2D eigenvalue weighted by Gasteiger charge is 2.28. The molecule has 0 bridgehead atoms. The Morgan fingerprint density at radius 2 is 1.08 bits per heavy atom. The molecule has 4 atom stereocenters. The zero-order chi connectivity index (χ0) is 44.0. The van der Waals surface area contributed by atoms with Gasteiger partial charge in [-0.3, -0.25) is 23.2 Å². The summed E-state index contributed by atoms with van der Waals surface area (Å²) in [4.78, 5) is 52.7. The van der Waals surface area contributed by atoms with E-state index >= 15 is 0 Å². The van der Waals surface area contributed by atoms with Gasteiger partial charge in [-0.2, -0.15) is 0 Å². The van der Waals surface area contributed by atoms with E-state index in [-0.39, 0.29) is 25.7 Å². The fraction of sp³-hybridized carbons (Fsp3) is 0.721. The largest absolute Gasteiger partial charge is 0.472 e. The van der Waals surface area contributed by atoms with Crippen molar-refractivity contribution in [1.82, 2.24) is 0 Å². The molecule has 0 spiro atoms. The standard InChI is InChI=1S/C43H76O14P2/c1-4-5-6-7-8-9-10-11-14-17-20-23-26-30-39(44)31-28-33-43(47)57-41(37-56-59(51,52)55-35-40(45)34-54-58(48,49)50)36-53-42(46)32-27-24-21-18-15-12-13-16-19-22-25-29-38(2)3/h5-6,8-9,11,14,20,23,26,30,38-41,44-45H,4,7,10,12-13,15-19,21-22,24-25,27-29,31-37H2,1-3H3,(H,51,52)(H2,48,49,50)/b6-5-,9-8-,14-11-,23-20-,30-26+/t39?,40-,41+/m0/s1. The Labute approximate surface area is 354 Å². The number of unbranched alkanes of at least 4 members (excludes halogenated alkanes) is 10. The third-order valence-corrected chi connectivity index (χ3v) is 10.1. The number of allylic oxidation sites excluding steroid dienone is 9. The highest BCUT2D eigenvalue weighted by Crippen LogP contribution is 2.43. The van der Waals surface area contributed by atoms with Gasteiger partial charge in [0.15, 0.2) is 6.10 Å². The van der Waals surface area contributed by atoms with E-state index in [4.69, 9.17) is 23.8 Å². The highest BCUT2D eigenvalue weighted by molar-refractivity contribution is 7.47. The van der Waals surface area contributed by atoms with Gasteiger partial charge in [0.1, 0.15) is 12.7 Å². The molecule has 0 aliphatic heterocycles. The maximum atomic E-state index is 12.7. The van der Waals surface area contributed by atoms with Crippen molar-refractivity contribution < 1.29 is 66.7 Å². The Morgan fingerprint density at radius 3 is 1.66 bits per heavy atom. The molecule has 16 heteroatoms. The average Bonchev–Trinajstić information content (AvgIpc) is 3.17. The van der Waals surface area contributed by atoms with Crippen molar-refractivity contribution >= 4 is 27.6 Å². The Morgan fingerprint density at radius 1 is 0.576 bits per heavy atom. The quantitative estimate of drug-likeness (QED) is 0.0128. The van der Waals surface area contributed by atoms with E-state index in [1.165, 1.54) is 51.4 Å². The second-order valence-corrected chi connectivity index (χ2v) is 17.6. The predicted octanol–water partition coefficient (Wildman–Crippen LogP) is 9.66. The molecule has 0 saturated carbocycles. The lowest BCUT2D eigenvalue weighted by Crippen LogP contribution is -2.30. The first-order valence-electron chi connectivity index (χ1n) is 21.4. The molecule has 0 saturated heterocycles. The second kappa shape index (κ2) is 37.5. The lowest BCUT2D eigenvalue weighted by molar-refractivity contribution is -0.161. The zero-order valence-corrected chi connectivity index (χ0v) is 37.6. The third kappa shape index (κ3) is 42.3. The number of carbonyl (C=O) groups excluding carboxylic acids is 2. The Kier molecular flexibility index (Phi) is 36.1. The molecule has 0 amide bonds. The molecule has 59 heavy (non-hydrogen) atoms. The molecular formula is C43H76O14P2. The minimum absolute atomic E-state index is 0.101. The summed E-state index contributed by atoms with van der Waals surface area (Å²) in [5.74, 6) is -0.464. The predicted molar refractivity (Wildman–Crippen MR) is 231 cm³/mol. The molecule has 0 aliphatic carbocycles. The summed E-state index contributed by atoms with van der Waals surface area (Å²) < 4.78 is 47.6. The molecule has 342 valence electrons. The topological polar surface area (TPSA) is 216 Å². The van der Waals surface area contributed by atoms with Crippen LogP contribution in [0.3, 0.4) is 0 Å². The molecule has 0 aromatic rings. The van der Waals surface area contributed by atoms with E-state index in [2.05, 4.69) is 66.3 Å². The van der Waals surface area contributed by atoms with Crippen molar-refractivity contribution in [1.29, 1.82) is 0 Å². The van der Waals surface area contributed by atoms with Crippen LogP contribution in [0.5, 0.6) is 0 Å². The molecule has 0 rings (SSSR count). The van der Waals surface area contributed by atoms with Gasteiger partial charge in [-0.25, -0.2) is 9.13 Å². The third-order valence-electron chi connectivity index (χ3n) is 8.69. The first-order chi connectivity index (χ1) is 28.1. The van der Waals surface area contributed by atoms with Crippen LogP contribution in [0.4, 0.5) is 0 Å². The fourth-order valence-corrected chi connectivity index (χ4v) is 6.60. The van der Waals surface area contributed by atoms with Crippen molar-refractivity contribution in [2.45, 2.75) is 167 Å². The summed E-state index contributed by atoms with van der Waals surface area (Å²) >= 11 is 0. The van der Waals surface area contributed by atoms with E-state index in [0.717, 1.165) is 50.9 Å². The van der Waals surface area contributed by atoms with E-state index < -0.39 is 72.3 Å². The SMILES string of the molecule is CC/C=C\C/C=C\C/C=C\C/C=C\C=C\C(O)CCCC(=O)O[C@H](COC(=O)CCCCCCCCCCCCCC(C)C)COP(=O)(O)OC[C@@H](O)COP(=O)(O)O. The van der Waals surface area contributed by atoms with Crippen molar-refractivity contribution in [3.05, 3.63) is 60.8 Å². The van der Waals surface area contributed by atoms with Gasteiger partial charge < -0.3 is 34.4 Å². The smallest absolute Gasteiger partial charge is 0.462 e. The fourth-order valence-electron chi connectivity index (χ4n) is 5.44. The lowest BCUT2D eigenvalue weighted by Gasteiger charge is -2.20. The van der Waals surface area contributed by atoms with Crippen LogP contribution in [0.25, 0.3) is 0 Å². The molecule has 0 aromatic heterocycles. The van der Waals surface area contributed by atoms with Gasteiger partial charge in [0.25, 0.3) is 0 Å². The summed E-state index contributed by atoms with van der Waals surface area (Å²) in [5, 5.41) is 20.0. The van der Waals surface area contributed by atoms with Crippen molar-refractivity contribution in [2.75, 3.05) is 26.4 Å². The van der Waals surface area contributed by atoms with Gasteiger partial charge in [0.05, 0.1) is 25.9 Å². The Hall–Kier alpha value is -2.22. The van der Waals surface area contributed by atoms with Gasteiger partial charge >= 0.3 is 27.6 Å². The van der Waals surface area contributed by atoms with Crippen LogP contribution in [0.1, 0.15) is 149 Å². The van der Waals surface area contributed by atoms with E-state index in [1.54, 1.807) is 12.2 Å².